The van der Waals surface area contributed by atoms with E-state index in [1.165, 1.54) is 33.2 Å². The molecule has 0 atom stereocenters. The van der Waals surface area contributed by atoms with Gasteiger partial charge in [-0.25, -0.2) is 4.79 Å². The van der Waals surface area contributed by atoms with E-state index in [2.05, 4.69) is 0 Å². The van der Waals surface area contributed by atoms with Gasteiger partial charge in [-0.05, 0) is 44.0 Å². The molecule has 7 nitrogen and oxygen atoms in total. The predicted octanol–water partition coefficient (Wildman–Crippen LogP) is 1.43. The third kappa shape index (κ3) is 2.99. The zero-order valence-corrected chi connectivity index (χ0v) is 15.4. The molecule has 0 radical (unpaired) electrons. The van der Waals surface area contributed by atoms with Crippen molar-refractivity contribution in [3.05, 3.63) is 54.8 Å². The summed E-state index contributed by atoms with van der Waals surface area (Å²) in [5.74, 6) is 0.0460. The van der Waals surface area contributed by atoms with E-state index in [0.29, 0.717) is 16.1 Å². The van der Waals surface area contributed by atoms with Crippen LogP contribution in [0, 0.1) is 20.8 Å². The van der Waals surface area contributed by atoms with Crippen LogP contribution in [-0.4, -0.2) is 17.6 Å². The van der Waals surface area contributed by atoms with Crippen molar-refractivity contribution in [3.63, 3.8) is 0 Å². The fourth-order valence-corrected chi connectivity index (χ4v) is 3.72. The number of halogens is 1. The Morgan fingerprint density at radius 3 is 2.00 bits per heavy atom. The maximum absolute atomic E-state index is 12.6. The van der Waals surface area contributed by atoms with Crippen LogP contribution in [0.25, 0.3) is 0 Å². The van der Waals surface area contributed by atoms with E-state index in [-0.39, 0.29) is 11.4 Å². The van der Waals surface area contributed by atoms with E-state index >= 15 is 0 Å². The Bertz CT molecular complexity index is 1030. The Morgan fingerprint density at radius 1 is 1.00 bits per heavy atom. The minimum absolute atomic E-state index is 0.00510. The first-order chi connectivity index (χ1) is 11.0. The largest absolute Gasteiger partial charge is 0.379 e. The first-order valence-electron chi connectivity index (χ1n) is 6.95. The number of nitrogens with zero attached hydrogens (tertiary/aromatic N) is 2. The highest BCUT2D eigenvalue weighted by Gasteiger charge is 2.27. The molecule has 1 aromatic heterocycles. The fraction of sp³-hybridized carbons (Fsp3) is 0.333. The van der Waals surface area contributed by atoms with Gasteiger partial charge in [0.05, 0.1) is 0 Å². The van der Waals surface area contributed by atoms with Crippen molar-refractivity contribution >= 4 is 21.7 Å². The van der Waals surface area contributed by atoms with Gasteiger partial charge in [0.2, 0.25) is 0 Å². The van der Waals surface area contributed by atoms with Gasteiger partial charge in [-0.15, -0.1) is 0 Å². The molecule has 130 valence electrons. The summed E-state index contributed by atoms with van der Waals surface area (Å²) >= 11 is 6.05. The smallest absolute Gasteiger partial charge is 0.346 e. The van der Waals surface area contributed by atoms with Crippen molar-refractivity contribution in [1.82, 2.24) is 9.13 Å². The molecule has 0 unspecified atom stereocenters. The summed E-state index contributed by atoms with van der Waals surface area (Å²) in [7, 11) is -1.83. The Morgan fingerprint density at radius 2 is 1.50 bits per heavy atom. The van der Waals surface area contributed by atoms with Crippen LogP contribution in [0.2, 0.25) is 5.02 Å². The molecule has 2 rings (SSSR count). The zero-order valence-electron chi connectivity index (χ0n) is 13.9. The molecule has 0 spiro atoms. The van der Waals surface area contributed by atoms with Crippen LogP contribution in [0.1, 0.15) is 16.8 Å². The summed E-state index contributed by atoms with van der Waals surface area (Å²) in [4.78, 5) is 23.5. The molecule has 0 amide bonds. The molecule has 24 heavy (non-hydrogen) atoms. The minimum atomic E-state index is -4.42. The average Bonchev–Trinajstić information content (AvgIpc) is 2.48. The van der Waals surface area contributed by atoms with Crippen molar-refractivity contribution < 1.29 is 12.6 Å². The molecule has 0 N–H and O–H groups in total. The monoisotopic (exact) mass is 372 g/mol. The van der Waals surface area contributed by atoms with Gasteiger partial charge < -0.3 is 4.18 Å². The van der Waals surface area contributed by atoms with Crippen LogP contribution in [-0.2, 0) is 24.2 Å². The van der Waals surface area contributed by atoms with Gasteiger partial charge in [-0.3, -0.25) is 13.9 Å². The summed E-state index contributed by atoms with van der Waals surface area (Å²) in [6.07, 6.45) is 0. The van der Waals surface area contributed by atoms with E-state index in [4.69, 9.17) is 15.8 Å². The van der Waals surface area contributed by atoms with E-state index in [0.717, 1.165) is 9.13 Å². The second-order valence-corrected chi connectivity index (χ2v) is 7.39. The number of benzene rings is 1. The summed E-state index contributed by atoms with van der Waals surface area (Å²) in [6.45, 7) is 4.80. The van der Waals surface area contributed by atoms with Crippen molar-refractivity contribution in [2.24, 2.45) is 14.1 Å². The highest BCUT2D eigenvalue weighted by atomic mass is 35.5. The van der Waals surface area contributed by atoms with Crippen LogP contribution < -0.4 is 15.4 Å². The van der Waals surface area contributed by atoms with Gasteiger partial charge in [0, 0.05) is 24.8 Å². The average molecular weight is 373 g/mol. The van der Waals surface area contributed by atoms with Gasteiger partial charge >= 0.3 is 15.8 Å². The predicted molar refractivity (Wildman–Crippen MR) is 90.4 cm³/mol. The molecule has 0 saturated carbocycles. The maximum Gasteiger partial charge on any atom is 0.346 e. The standard InChI is InChI=1S/C15H17ClN2O5S/c1-8-6-11(7-9(2)12(8)16)23-24(21,22)13-10(3)17(4)15(20)18(5)14(13)19/h6-7H,1-5H3. The maximum atomic E-state index is 12.6. The van der Waals surface area contributed by atoms with Crippen LogP contribution in [0.15, 0.2) is 26.6 Å². The lowest BCUT2D eigenvalue weighted by atomic mass is 10.1. The highest BCUT2D eigenvalue weighted by molar-refractivity contribution is 7.87. The number of aryl methyl sites for hydroxylation is 2. The number of hydrogen-bond donors (Lipinski definition) is 0. The molecular formula is C15H17ClN2O5S. The third-order valence-electron chi connectivity index (χ3n) is 3.77. The van der Waals surface area contributed by atoms with Gasteiger partial charge in [0.25, 0.3) is 5.56 Å². The zero-order chi connectivity index (χ0) is 18.4. The normalized spacial score (nSPS) is 11.6. The molecule has 0 aliphatic rings. The summed E-state index contributed by atoms with van der Waals surface area (Å²) < 4.78 is 32.1. The first kappa shape index (κ1) is 18.3. The lowest BCUT2D eigenvalue weighted by Crippen LogP contribution is -2.41. The van der Waals surface area contributed by atoms with Crippen molar-refractivity contribution in [1.29, 1.82) is 0 Å². The molecule has 9 heteroatoms. The van der Waals surface area contributed by atoms with E-state index < -0.39 is 26.3 Å². The molecule has 0 aliphatic carbocycles. The Hall–Kier alpha value is -2.06. The van der Waals surface area contributed by atoms with Crippen LogP contribution in [0.5, 0.6) is 5.75 Å². The quantitative estimate of drug-likeness (QED) is 0.760. The van der Waals surface area contributed by atoms with Crippen LogP contribution >= 0.6 is 11.6 Å². The van der Waals surface area contributed by atoms with Crippen molar-refractivity contribution in [2.75, 3.05) is 0 Å². The fourth-order valence-electron chi connectivity index (χ4n) is 2.33. The van der Waals surface area contributed by atoms with Crippen LogP contribution in [0.3, 0.4) is 0 Å². The summed E-state index contributed by atoms with van der Waals surface area (Å²) in [6, 6.07) is 2.93. The Labute approximate surface area is 144 Å². The van der Waals surface area contributed by atoms with Gasteiger partial charge in [-0.1, -0.05) is 11.6 Å². The molecule has 0 fully saturated rings. The van der Waals surface area contributed by atoms with Crippen molar-refractivity contribution in [3.8, 4) is 5.75 Å². The lowest BCUT2D eigenvalue weighted by molar-refractivity contribution is 0.478. The second kappa shape index (κ2) is 6.10. The lowest BCUT2D eigenvalue weighted by Gasteiger charge is -2.14. The highest BCUT2D eigenvalue weighted by Crippen LogP contribution is 2.27. The molecule has 0 aliphatic heterocycles. The van der Waals surface area contributed by atoms with Gasteiger partial charge in [-0.2, -0.15) is 8.42 Å². The summed E-state index contributed by atoms with van der Waals surface area (Å²) in [5, 5.41) is 0.508. The van der Waals surface area contributed by atoms with Crippen molar-refractivity contribution in [2.45, 2.75) is 25.7 Å². The van der Waals surface area contributed by atoms with E-state index in [1.807, 2.05) is 0 Å². The SMILES string of the molecule is Cc1cc(OS(=O)(=O)c2c(C)n(C)c(=O)n(C)c2=O)cc(C)c1Cl. The topological polar surface area (TPSA) is 87.4 Å². The molecular weight excluding hydrogens is 356 g/mol. The molecule has 2 aromatic rings. The second-order valence-electron chi connectivity index (χ2n) is 5.53. The van der Waals surface area contributed by atoms with E-state index in [9.17, 15) is 18.0 Å². The minimum Gasteiger partial charge on any atom is -0.379 e. The molecule has 1 heterocycles. The molecule has 0 bridgehead atoms. The first-order valence-corrected chi connectivity index (χ1v) is 8.74. The number of hydrogen-bond acceptors (Lipinski definition) is 5. The third-order valence-corrected chi connectivity index (χ3v) is 5.75. The molecule has 0 saturated heterocycles. The summed E-state index contributed by atoms with van der Waals surface area (Å²) in [5.41, 5.74) is -0.253. The molecule has 1 aromatic carbocycles. The number of rotatable bonds is 3. The number of aromatic nitrogens is 2. The van der Waals surface area contributed by atoms with E-state index in [1.54, 1.807) is 13.8 Å². The Kier molecular flexibility index (Phi) is 4.65. The van der Waals surface area contributed by atoms with Gasteiger partial charge in [0.1, 0.15) is 5.75 Å². The van der Waals surface area contributed by atoms with Crippen LogP contribution in [0.4, 0.5) is 0 Å². The van der Waals surface area contributed by atoms with Gasteiger partial charge in [0.15, 0.2) is 4.90 Å². The Balaban J connectivity index is 2.66.